The topological polar surface area (TPSA) is 75.9 Å². The van der Waals surface area contributed by atoms with Crippen LogP contribution in [-0.2, 0) is 0 Å². The van der Waals surface area contributed by atoms with Gasteiger partial charge in [-0.3, -0.25) is 0 Å². The molecule has 0 aliphatic carbocycles. The van der Waals surface area contributed by atoms with Crippen molar-refractivity contribution in [2.24, 2.45) is 0 Å². The number of nitrogens with one attached hydrogen (secondary N) is 2. The molecule has 0 aliphatic heterocycles. The molecule has 0 fully saturated rings. The molecular weight excluding hydrogens is 365 g/mol. The number of nitrogens with zero attached hydrogens (tertiary/aromatic N) is 2. The Morgan fingerprint density at radius 3 is 1.86 bits per heavy atom. The number of halogens is 1. The van der Waals surface area contributed by atoms with E-state index in [1.807, 2.05) is 36.4 Å². The van der Waals surface area contributed by atoms with Crippen LogP contribution in [0.15, 0.2) is 91.3 Å². The van der Waals surface area contributed by atoms with Gasteiger partial charge in [0.2, 0.25) is 0 Å². The maximum atomic E-state index is 13.1. The van der Waals surface area contributed by atoms with Crippen LogP contribution in [0.1, 0.15) is 17.2 Å². The summed E-state index contributed by atoms with van der Waals surface area (Å²) in [4.78, 5) is 8.57. The van der Waals surface area contributed by atoms with Crippen LogP contribution in [0.25, 0.3) is 0 Å². The Bertz CT molecular complexity index is 1030. The van der Waals surface area contributed by atoms with Crippen LogP contribution in [0.4, 0.5) is 27.4 Å². The summed E-state index contributed by atoms with van der Waals surface area (Å²) in [6.07, 6.45) is 1.44. The molecule has 144 valence electrons. The van der Waals surface area contributed by atoms with Crippen LogP contribution in [0.3, 0.4) is 0 Å². The smallest absolute Gasteiger partial charge is 0.159 e. The maximum absolute atomic E-state index is 13.1. The van der Waals surface area contributed by atoms with E-state index < -0.39 is 0 Å². The molecular formula is C23H20FN5. The minimum atomic E-state index is -0.304. The molecule has 1 aromatic heterocycles. The van der Waals surface area contributed by atoms with Gasteiger partial charge in [-0.05, 0) is 35.4 Å². The SMILES string of the molecule is Nc1c(Nc2ccc(F)cc2)ncnc1NC(c1ccccc1)c1ccccc1. The van der Waals surface area contributed by atoms with Crippen LogP contribution >= 0.6 is 0 Å². The molecule has 3 aromatic carbocycles. The number of hydrogen-bond donors (Lipinski definition) is 3. The third-order valence-electron chi connectivity index (χ3n) is 4.54. The van der Waals surface area contributed by atoms with Gasteiger partial charge in [0.1, 0.15) is 17.8 Å². The summed E-state index contributed by atoms with van der Waals surface area (Å²) < 4.78 is 13.1. The van der Waals surface area contributed by atoms with Crippen molar-refractivity contribution in [2.75, 3.05) is 16.4 Å². The van der Waals surface area contributed by atoms with Gasteiger partial charge in [-0.15, -0.1) is 0 Å². The molecule has 6 heteroatoms. The average molecular weight is 385 g/mol. The van der Waals surface area contributed by atoms with Gasteiger partial charge in [-0.1, -0.05) is 60.7 Å². The van der Waals surface area contributed by atoms with Gasteiger partial charge in [-0.25, -0.2) is 14.4 Å². The Balaban J connectivity index is 1.65. The molecule has 4 N–H and O–H groups in total. The lowest BCUT2D eigenvalue weighted by Gasteiger charge is -2.22. The zero-order valence-corrected chi connectivity index (χ0v) is 15.6. The molecule has 4 aromatic rings. The van der Waals surface area contributed by atoms with E-state index in [1.54, 1.807) is 12.1 Å². The predicted octanol–water partition coefficient (Wildman–Crippen LogP) is 5.14. The van der Waals surface area contributed by atoms with Gasteiger partial charge in [0.05, 0.1) is 6.04 Å². The minimum Gasteiger partial charge on any atom is -0.393 e. The van der Waals surface area contributed by atoms with Gasteiger partial charge < -0.3 is 16.4 Å². The van der Waals surface area contributed by atoms with Crippen LogP contribution in [-0.4, -0.2) is 9.97 Å². The summed E-state index contributed by atoms with van der Waals surface area (Å²) in [7, 11) is 0. The number of nitrogens with two attached hydrogens (primary N) is 1. The number of benzene rings is 3. The van der Waals surface area contributed by atoms with Crippen LogP contribution in [0.5, 0.6) is 0 Å². The highest BCUT2D eigenvalue weighted by Crippen LogP contribution is 2.31. The summed E-state index contributed by atoms with van der Waals surface area (Å²) in [5.41, 5.74) is 9.59. The largest absolute Gasteiger partial charge is 0.393 e. The van der Waals surface area contributed by atoms with Crippen molar-refractivity contribution in [1.29, 1.82) is 0 Å². The molecule has 29 heavy (non-hydrogen) atoms. The summed E-state index contributed by atoms with van der Waals surface area (Å²) in [6, 6.07) is 26.0. The fourth-order valence-corrected chi connectivity index (χ4v) is 3.07. The van der Waals surface area contributed by atoms with Crippen molar-refractivity contribution in [3.63, 3.8) is 0 Å². The number of anilines is 4. The first kappa shape index (κ1) is 18.4. The lowest BCUT2D eigenvalue weighted by Crippen LogP contribution is -2.15. The average Bonchev–Trinajstić information content (AvgIpc) is 2.77. The van der Waals surface area contributed by atoms with E-state index in [0.29, 0.717) is 23.0 Å². The summed E-state index contributed by atoms with van der Waals surface area (Å²) in [6.45, 7) is 0. The molecule has 0 unspecified atom stereocenters. The molecule has 0 bridgehead atoms. The standard InChI is InChI=1S/C23H20FN5/c24-18-11-13-19(14-12-18)28-22-20(25)23(27-15-26-22)29-21(16-7-3-1-4-8-16)17-9-5-2-6-10-17/h1-15,21H,25H2,(H2,26,27,28,29). The van der Waals surface area contributed by atoms with E-state index in [0.717, 1.165) is 11.1 Å². The molecule has 5 nitrogen and oxygen atoms in total. The van der Waals surface area contributed by atoms with E-state index in [9.17, 15) is 4.39 Å². The Morgan fingerprint density at radius 2 is 1.28 bits per heavy atom. The van der Waals surface area contributed by atoms with Crippen molar-refractivity contribution < 1.29 is 4.39 Å². The molecule has 4 rings (SSSR count). The number of hydrogen-bond acceptors (Lipinski definition) is 5. The van der Waals surface area contributed by atoms with Crippen molar-refractivity contribution >= 4 is 23.0 Å². The summed E-state index contributed by atoms with van der Waals surface area (Å²) in [5, 5.41) is 6.55. The lowest BCUT2D eigenvalue weighted by atomic mass is 9.99. The number of rotatable bonds is 6. The molecule has 0 aliphatic rings. The molecule has 0 radical (unpaired) electrons. The van der Waals surface area contributed by atoms with Crippen molar-refractivity contribution in [3.8, 4) is 0 Å². The van der Waals surface area contributed by atoms with Crippen LogP contribution < -0.4 is 16.4 Å². The minimum absolute atomic E-state index is 0.131. The third kappa shape index (κ3) is 4.32. The first-order chi connectivity index (χ1) is 14.2. The number of nitrogen functional groups attached to an aromatic ring is 1. The van der Waals surface area contributed by atoms with Gasteiger partial charge in [0, 0.05) is 5.69 Å². The Labute approximate surface area is 168 Å². The third-order valence-corrected chi connectivity index (χ3v) is 4.54. The van der Waals surface area contributed by atoms with Gasteiger partial charge in [0.15, 0.2) is 11.6 Å². The van der Waals surface area contributed by atoms with Crippen LogP contribution in [0, 0.1) is 5.82 Å². The maximum Gasteiger partial charge on any atom is 0.159 e. The quantitative estimate of drug-likeness (QED) is 0.428. The van der Waals surface area contributed by atoms with Gasteiger partial charge in [0.25, 0.3) is 0 Å². The highest BCUT2D eigenvalue weighted by Gasteiger charge is 2.17. The second-order valence-corrected chi connectivity index (χ2v) is 6.52. The van der Waals surface area contributed by atoms with E-state index in [-0.39, 0.29) is 11.9 Å². The normalized spacial score (nSPS) is 10.7. The molecule has 0 amide bonds. The van der Waals surface area contributed by atoms with E-state index in [4.69, 9.17) is 5.73 Å². The second-order valence-electron chi connectivity index (χ2n) is 6.52. The lowest BCUT2D eigenvalue weighted by molar-refractivity contribution is 0.628. The monoisotopic (exact) mass is 385 g/mol. The first-order valence-corrected chi connectivity index (χ1v) is 9.20. The molecule has 1 heterocycles. The van der Waals surface area contributed by atoms with Crippen molar-refractivity contribution in [3.05, 3.63) is 108 Å². The van der Waals surface area contributed by atoms with Gasteiger partial charge >= 0.3 is 0 Å². The van der Waals surface area contributed by atoms with E-state index >= 15 is 0 Å². The summed E-state index contributed by atoms with van der Waals surface area (Å²) in [5.74, 6) is 0.665. The molecule has 0 atom stereocenters. The highest BCUT2D eigenvalue weighted by atomic mass is 19.1. The molecule has 0 saturated carbocycles. The summed E-state index contributed by atoms with van der Waals surface area (Å²) >= 11 is 0. The Kier molecular flexibility index (Phi) is 5.33. The van der Waals surface area contributed by atoms with E-state index in [1.165, 1.54) is 18.5 Å². The zero-order valence-electron chi connectivity index (χ0n) is 15.6. The number of aromatic nitrogens is 2. The Morgan fingerprint density at radius 1 is 0.724 bits per heavy atom. The fourth-order valence-electron chi connectivity index (χ4n) is 3.07. The molecule has 0 spiro atoms. The fraction of sp³-hybridized carbons (Fsp3) is 0.0435. The zero-order chi connectivity index (χ0) is 20.1. The van der Waals surface area contributed by atoms with Crippen molar-refractivity contribution in [1.82, 2.24) is 9.97 Å². The Hall–Kier alpha value is -3.93. The highest BCUT2D eigenvalue weighted by molar-refractivity contribution is 5.78. The van der Waals surface area contributed by atoms with Gasteiger partial charge in [-0.2, -0.15) is 0 Å². The van der Waals surface area contributed by atoms with Crippen molar-refractivity contribution in [2.45, 2.75) is 6.04 Å². The predicted molar refractivity (Wildman–Crippen MR) is 114 cm³/mol. The first-order valence-electron chi connectivity index (χ1n) is 9.20. The van der Waals surface area contributed by atoms with E-state index in [2.05, 4.69) is 44.9 Å². The van der Waals surface area contributed by atoms with Crippen LogP contribution in [0.2, 0.25) is 0 Å². The second kappa shape index (κ2) is 8.39. The molecule has 0 saturated heterocycles.